The van der Waals surface area contributed by atoms with Gasteiger partial charge in [0.15, 0.2) is 0 Å². The third-order valence-corrected chi connectivity index (χ3v) is 5.84. The van der Waals surface area contributed by atoms with Crippen molar-refractivity contribution in [2.45, 2.75) is 45.1 Å². The molecule has 0 aliphatic rings. The van der Waals surface area contributed by atoms with Gasteiger partial charge in [-0.3, -0.25) is 4.79 Å². The van der Waals surface area contributed by atoms with Gasteiger partial charge in [0.2, 0.25) is 0 Å². The SMILES string of the molecule is C[Si](C)(C)CCOC(=O)CCCOc1ccc(OC(=O)OCc2ccccc2)cc1. The molecule has 0 N–H and O–H groups in total. The number of carbonyl (C=O) groups excluding carboxylic acids is 2. The molecule has 0 heterocycles. The molecule has 2 rings (SSSR count). The van der Waals surface area contributed by atoms with E-state index in [0.29, 0.717) is 37.6 Å². The summed E-state index contributed by atoms with van der Waals surface area (Å²) in [5.74, 6) is 0.813. The molecular formula is C23H30O6Si. The normalized spacial score (nSPS) is 10.9. The summed E-state index contributed by atoms with van der Waals surface area (Å²) >= 11 is 0. The van der Waals surface area contributed by atoms with Crippen molar-refractivity contribution in [1.29, 1.82) is 0 Å². The average Bonchev–Trinajstić information content (AvgIpc) is 2.71. The van der Waals surface area contributed by atoms with Crippen LogP contribution in [0.3, 0.4) is 0 Å². The fourth-order valence-corrected chi connectivity index (χ4v) is 3.11. The molecule has 2 aromatic carbocycles. The van der Waals surface area contributed by atoms with Crippen molar-refractivity contribution < 1.29 is 28.5 Å². The molecule has 0 saturated carbocycles. The van der Waals surface area contributed by atoms with Gasteiger partial charge in [-0.1, -0.05) is 50.0 Å². The van der Waals surface area contributed by atoms with Gasteiger partial charge in [-0.05, 0) is 42.3 Å². The number of hydrogen-bond donors (Lipinski definition) is 0. The Kier molecular flexibility index (Phi) is 9.41. The maximum absolute atomic E-state index is 11.8. The van der Waals surface area contributed by atoms with Crippen molar-refractivity contribution in [2.24, 2.45) is 0 Å². The minimum absolute atomic E-state index is 0.154. The van der Waals surface area contributed by atoms with Crippen LogP contribution < -0.4 is 9.47 Å². The van der Waals surface area contributed by atoms with E-state index in [2.05, 4.69) is 19.6 Å². The van der Waals surface area contributed by atoms with E-state index in [1.807, 2.05) is 30.3 Å². The number of benzene rings is 2. The first-order chi connectivity index (χ1) is 14.3. The van der Waals surface area contributed by atoms with Crippen LogP contribution in [0, 0.1) is 0 Å². The van der Waals surface area contributed by atoms with Crippen molar-refractivity contribution in [3.05, 3.63) is 60.2 Å². The summed E-state index contributed by atoms with van der Waals surface area (Å²) in [5.41, 5.74) is 0.887. The van der Waals surface area contributed by atoms with Crippen LogP contribution in [-0.2, 0) is 20.9 Å². The van der Waals surface area contributed by atoms with Crippen LogP contribution >= 0.6 is 0 Å². The van der Waals surface area contributed by atoms with Gasteiger partial charge in [-0.15, -0.1) is 0 Å². The lowest BCUT2D eigenvalue weighted by Crippen LogP contribution is -2.22. The highest BCUT2D eigenvalue weighted by molar-refractivity contribution is 6.76. The second-order valence-corrected chi connectivity index (χ2v) is 13.7. The van der Waals surface area contributed by atoms with Crippen molar-refractivity contribution in [3.8, 4) is 11.5 Å². The number of rotatable bonds is 11. The van der Waals surface area contributed by atoms with E-state index >= 15 is 0 Å². The summed E-state index contributed by atoms with van der Waals surface area (Å²) in [6, 6.07) is 17.0. The molecule has 7 heteroatoms. The van der Waals surface area contributed by atoms with E-state index in [4.69, 9.17) is 18.9 Å². The van der Waals surface area contributed by atoms with Gasteiger partial charge < -0.3 is 18.9 Å². The summed E-state index contributed by atoms with van der Waals surface area (Å²) in [5, 5.41) is 0. The van der Waals surface area contributed by atoms with E-state index in [1.165, 1.54) is 0 Å². The average molecular weight is 431 g/mol. The summed E-state index contributed by atoms with van der Waals surface area (Å²) < 4.78 is 21.1. The Morgan fingerprint density at radius 3 is 2.17 bits per heavy atom. The minimum Gasteiger partial charge on any atom is -0.494 e. The van der Waals surface area contributed by atoms with E-state index in [1.54, 1.807) is 24.3 Å². The highest BCUT2D eigenvalue weighted by Crippen LogP contribution is 2.18. The van der Waals surface area contributed by atoms with Crippen LogP contribution in [0.25, 0.3) is 0 Å². The molecule has 0 aliphatic heterocycles. The first-order valence-electron chi connectivity index (χ1n) is 10.1. The molecule has 0 unspecified atom stereocenters. The van der Waals surface area contributed by atoms with Gasteiger partial charge >= 0.3 is 12.1 Å². The first-order valence-corrected chi connectivity index (χ1v) is 13.8. The molecule has 0 aromatic heterocycles. The molecule has 0 aliphatic carbocycles. The smallest absolute Gasteiger partial charge is 0.494 e. The largest absolute Gasteiger partial charge is 0.514 e. The van der Waals surface area contributed by atoms with Gasteiger partial charge in [0.05, 0.1) is 13.2 Å². The number of carbonyl (C=O) groups is 2. The third-order valence-electron chi connectivity index (χ3n) is 4.13. The fraction of sp³-hybridized carbons (Fsp3) is 0.391. The molecule has 0 bridgehead atoms. The highest BCUT2D eigenvalue weighted by Gasteiger charge is 2.13. The third kappa shape index (κ3) is 10.1. The van der Waals surface area contributed by atoms with Crippen LogP contribution in [0.5, 0.6) is 11.5 Å². The molecule has 162 valence electrons. The minimum atomic E-state index is -1.18. The summed E-state index contributed by atoms with van der Waals surface area (Å²) in [7, 11) is -1.18. The lowest BCUT2D eigenvalue weighted by Gasteiger charge is -2.15. The van der Waals surface area contributed by atoms with E-state index in [-0.39, 0.29) is 12.6 Å². The van der Waals surface area contributed by atoms with Gasteiger partial charge in [0.25, 0.3) is 0 Å². The Labute approximate surface area is 179 Å². The zero-order valence-corrected chi connectivity index (χ0v) is 18.9. The predicted octanol–water partition coefficient (Wildman–Crippen LogP) is 5.44. The molecule has 0 spiro atoms. The summed E-state index contributed by atoms with van der Waals surface area (Å²) in [6.45, 7) is 7.81. The summed E-state index contributed by atoms with van der Waals surface area (Å²) in [4.78, 5) is 23.5. The Balaban J connectivity index is 1.61. The van der Waals surface area contributed by atoms with Crippen LogP contribution in [0.15, 0.2) is 54.6 Å². The van der Waals surface area contributed by atoms with Crippen molar-refractivity contribution >= 4 is 20.2 Å². The topological polar surface area (TPSA) is 71.1 Å². The quantitative estimate of drug-likeness (QED) is 0.204. The van der Waals surface area contributed by atoms with E-state index < -0.39 is 14.2 Å². The molecule has 0 radical (unpaired) electrons. The Bertz CT molecular complexity index is 784. The van der Waals surface area contributed by atoms with Crippen molar-refractivity contribution in [1.82, 2.24) is 0 Å². The fourth-order valence-electron chi connectivity index (χ4n) is 2.40. The zero-order chi connectivity index (χ0) is 21.8. The molecular weight excluding hydrogens is 400 g/mol. The molecule has 6 nitrogen and oxygen atoms in total. The second kappa shape index (κ2) is 12.0. The standard InChI is InChI=1S/C23H30O6Si/c1-30(2,3)17-16-27-22(24)10-7-15-26-20-11-13-21(14-12-20)29-23(25)28-18-19-8-5-4-6-9-19/h4-6,8-9,11-14H,7,10,15-18H2,1-3H3. The zero-order valence-electron chi connectivity index (χ0n) is 17.9. The first kappa shape index (κ1) is 23.5. The van der Waals surface area contributed by atoms with Crippen LogP contribution in [0.1, 0.15) is 18.4 Å². The van der Waals surface area contributed by atoms with Gasteiger partial charge in [0.1, 0.15) is 18.1 Å². The highest BCUT2D eigenvalue weighted by atomic mass is 28.3. The molecule has 0 saturated heterocycles. The van der Waals surface area contributed by atoms with Crippen molar-refractivity contribution in [2.75, 3.05) is 13.2 Å². The Hall–Kier alpha value is -2.80. The van der Waals surface area contributed by atoms with Gasteiger partial charge in [0, 0.05) is 14.5 Å². The number of esters is 1. The molecule has 0 amide bonds. The van der Waals surface area contributed by atoms with E-state index in [9.17, 15) is 9.59 Å². The van der Waals surface area contributed by atoms with Crippen LogP contribution in [0.4, 0.5) is 4.79 Å². The maximum Gasteiger partial charge on any atom is 0.514 e. The van der Waals surface area contributed by atoms with Crippen LogP contribution in [-0.4, -0.2) is 33.4 Å². The monoisotopic (exact) mass is 430 g/mol. The lowest BCUT2D eigenvalue weighted by atomic mass is 10.2. The molecule has 30 heavy (non-hydrogen) atoms. The lowest BCUT2D eigenvalue weighted by molar-refractivity contribution is -0.143. The number of hydrogen-bond acceptors (Lipinski definition) is 6. The van der Waals surface area contributed by atoms with Gasteiger partial charge in [-0.2, -0.15) is 0 Å². The van der Waals surface area contributed by atoms with E-state index in [0.717, 1.165) is 11.6 Å². The second-order valence-electron chi connectivity index (χ2n) is 8.08. The maximum atomic E-state index is 11.8. The number of ether oxygens (including phenoxy) is 4. The molecule has 0 atom stereocenters. The van der Waals surface area contributed by atoms with Crippen LogP contribution in [0.2, 0.25) is 25.7 Å². The summed E-state index contributed by atoms with van der Waals surface area (Å²) in [6.07, 6.45) is 0.149. The molecule has 2 aromatic rings. The Morgan fingerprint density at radius 2 is 1.50 bits per heavy atom. The van der Waals surface area contributed by atoms with Crippen molar-refractivity contribution in [3.63, 3.8) is 0 Å². The molecule has 0 fully saturated rings. The van der Waals surface area contributed by atoms with Gasteiger partial charge in [-0.25, -0.2) is 4.79 Å². The Morgan fingerprint density at radius 1 is 0.833 bits per heavy atom. The predicted molar refractivity (Wildman–Crippen MR) is 118 cm³/mol.